The van der Waals surface area contributed by atoms with Crippen molar-refractivity contribution in [3.05, 3.63) is 58.9 Å². The van der Waals surface area contributed by atoms with Crippen LogP contribution in [-0.2, 0) is 10.2 Å². The van der Waals surface area contributed by atoms with E-state index in [1.807, 2.05) is 13.8 Å². The second kappa shape index (κ2) is 6.35. The van der Waals surface area contributed by atoms with Gasteiger partial charge in [-0.3, -0.25) is 9.78 Å². The van der Waals surface area contributed by atoms with Gasteiger partial charge in [-0.2, -0.15) is 0 Å². The molecule has 7 heteroatoms. The van der Waals surface area contributed by atoms with Crippen LogP contribution in [0.4, 0.5) is 14.5 Å². The lowest BCUT2D eigenvalue weighted by molar-refractivity contribution is -0.116. The smallest absolute Gasteiger partial charge is 0.241 e. The van der Waals surface area contributed by atoms with Gasteiger partial charge in [0.15, 0.2) is 0 Å². The number of pyridine rings is 1. The molecule has 0 saturated heterocycles. The number of halogens is 3. The highest BCUT2D eigenvalue weighted by molar-refractivity contribution is 6.29. The van der Waals surface area contributed by atoms with Crippen LogP contribution in [-0.4, -0.2) is 28.4 Å². The first-order valence-electron chi connectivity index (χ1n) is 7.74. The number of aromatic nitrogens is 1. The first kappa shape index (κ1) is 17.8. The first-order valence-corrected chi connectivity index (χ1v) is 8.28. The molecule has 0 fully saturated rings. The second-order valence-electron chi connectivity index (χ2n) is 6.70. The molecule has 0 saturated carbocycles. The Morgan fingerprint density at radius 3 is 2.80 bits per heavy atom. The summed E-state index contributed by atoms with van der Waals surface area (Å²) in [5.41, 5.74) is 0.943. The van der Waals surface area contributed by atoms with E-state index in [0.717, 1.165) is 18.2 Å². The summed E-state index contributed by atoms with van der Waals surface area (Å²) in [6.45, 7) is 4.31. The zero-order chi connectivity index (χ0) is 18.4. The van der Waals surface area contributed by atoms with E-state index in [0.29, 0.717) is 17.9 Å². The summed E-state index contributed by atoms with van der Waals surface area (Å²) < 4.78 is 27.3. The van der Waals surface area contributed by atoms with Crippen molar-refractivity contribution in [2.45, 2.75) is 25.4 Å². The molecule has 2 aromatic rings. The van der Waals surface area contributed by atoms with E-state index in [4.69, 9.17) is 11.6 Å². The topological polar surface area (TPSA) is 53.4 Å². The summed E-state index contributed by atoms with van der Waals surface area (Å²) in [5.74, 6) is -1.83. The molecule has 132 valence electrons. The molecule has 1 aromatic carbocycles. The van der Waals surface area contributed by atoms with Gasteiger partial charge >= 0.3 is 0 Å². The van der Waals surface area contributed by atoms with Crippen LogP contribution in [0.5, 0.6) is 0 Å². The number of rotatable bonds is 3. The van der Waals surface area contributed by atoms with E-state index < -0.39 is 17.7 Å². The average molecular weight is 367 g/mol. The van der Waals surface area contributed by atoms with Crippen LogP contribution in [0.25, 0.3) is 0 Å². The standard InChI is InChI=1S/C18H17ClF2N2O2/c1-18(2)9-23(15(24)7-19)14-5-10(8-22-17(14)18)16(25)12-6-11(20)3-4-13(12)21/h3-6,8,16,25H,7,9H2,1-2H3. The summed E-state index contributed by atoms with van der Waals surface area (Å²) in [6.07, 6.45) is 0.0229. The number of carbonyl (C=O) groups is 1. The molecule has 0 radical (unpaired) electrons. The summed E-state index contributed by atoms with van der Waals surface area (Å²) in [5, 5.41) is 10.5. The number of carbonyl (C=O) groups excluding carboxylic acids is 1. The molecule has 2 heterocycles. The highest BCUT2D eigenvalue weighted by Crippen LogP contribution is 2.40. The fourth-order valence-corrected chi connectivity index (χ4v) is 3.24. The average Bonchev–Trinajstić information content (AvgIpc) is 2.86. The molecule has 1 aliphatic rings. The third-order valence-electron chi connectivity index (χ3n) is 4.36. The summed E-state index contributed by atoms with van der Waals surface area (Å²) in [6, 6.07) is 4.46. The Bertz CT molecular complexity index is 842. The molecule has 0 spiro atoms. The number of hydrogen-bond acceptors (Lipinski definition) is 3. The van der Waals surface area contributed by atoms with E-state index >= 15 is 0 Å². The maximum Gasteiger partial charge on any atom is 0.241 e. The minimum Gasteiger partial charge on any atom is -0.383 e. The maximum atomic E-state index is 13.9. The molecule has 1 atom stereocenters. The Labute approximate surface area is 149 Å². The molecule has 3 rings (SSSR count). The highest BCUT2D eigenvalue weighted by atomic mass is 35.5. The van der Waals surface area contributed by atoms with Crippen LogP contribution in [0.15, 0.2) is 30.5 Å². The van der Waals surface area contributed by atoms with Crippen LogP contribution < -0.4 is 4.90 Å². The maximum absolute atomic E-state index is 13.9. The normalized spacial score (nSPS) is 16.6. The highest BCUT2D eigenvalue weighted by Gasteiger charge is 2.39. The van der Waals surface area contributed by atoms with Crippen LogP contribution in [0, 0.1) is 11.6 Å². The van der Waals surface area contributed by atoms with Crippen LogP contribution in [0.2, 0.25) is 0 Å². The zero-order valence-electron chi connectivity index (χ0n) is 13.8. The van der Waals surface area contributed by atoms with Gasteiger partial charge in [0.2, 0.25) is 5.91 Å². The van der Waals surface area contributed by atoms with Gasteiger partial charge in [0.1, 0.15) is 23.6 Å². The number of fused-ring (bicyclic) bond motifs is 1. The predicted octanol–water partition coefficient (Wildman–Crippen LogP) is 3.30. The number of anilines is 1. The van der Waals surface area contributed by atoms with Crippen molar-refractivity contribution in [2.75, 3.05) is 17.3 Å². The fourth-order valence-electron chi connectivity index (χ4n) is 3.10. The van der Waals surface area contributed by atoms with Crippen molar-refractivity contribution in [2.24, 2.45) is 0 Å². The Morgan fingerprint density at radius 1 is 1.40 bits per heavy atom. The van der Waals surface area contributed by atoms with E-state index in [9.17, 15) is 18.7 Å². The van der Waals surface area contributed by atoms with Crippen molar-refractivity contribution < 1.29 is 18.7 Å². The Hall–Kier alpha value is -2.05. The molecule has 1 N–H and O–H groups in total. The molecule has 1 aromatic heterocycles. The number of hydrogen-bond donors (Lipinski definition) is 1. The lowest BCUT2D eigenvalue weighted by Gasteiger charge is -2.19. The van der Waals surface area contributed by atoms with Gasteiger partial charge in [-0.1, -0.05) is 13.8 Å². The number of aliphatic hydroxyl groups is 1. The molecular formula is C18H17ClF2N2O2. The third-order valence-corrected chi connectivity index (χ3v) is 4.59. The van der Waals surface area contributed by atoms with E-state index in [-0.39, 0.29) is 28.3 Å². The number of alkyl halides is 1. The summed E-state index contributed by atoms with van der Waals surface area (Å²) in [7, 11) is 0. The van der Waals surface area contributed by atoms with Gasteiger partial charge in [-0.05, 0) is 24.3 Å². The molecule has 1 unspecified atom stereocenters. The van der Waals surface area contributed by atoms with Gasteiger partial charge in [0, 0.05) is 29.3 Å². The summed E-state index contributed by atoms with van der Waals surface area (Å²) >= 11 is 5.68. The molecular weight excluding hydrogens is 350 g/mol. The van der Waals surface area contributed by atoms with Crippen molar-refractivity contribution in [3.8, 4) is 0 Å². The minimum atomic E-state index is -1.40. The zero-order valence-corrected chi connectivity index (χ0v) is 14.5. The monoisotopic (exact) mass is 366 g/mol. The Balaban J connectivity index is 2.06. The number of nitrogens with zero attached hydrogens (tertiary/aromatic N) is 2. The van der Waals surface area contributed by atoms with Crippen molar-refractivity contribution in [1.82, 2.24) is 4.98 Å². The molecule has 4 nitrogen and oxygen atoms in total. The minimum absolute atomic E-state index is 0.180. The van der Waals surface area contributed by atoms with E-state index in [2.05, 4.69) is 4.98 Å². The molecule has 25 heavy (non-hydrogen) atoms. The predicted molar refractivity (Wildman–Crippen MR) is 90.8 cm³/mol. The third kappa shape index (κ3) is 3.12. The molecule has 0 bridgehead atoms. The van der Waals surface area contributed by atoms with E-state index in [1.165, 1.54) is 11.1 Å². The number of aliphatic hydroxyl groups excluding tert-OH is 1. The quantitative estimate of drug-likeness (QED) is 0.848. The van der Waals surface area contributed by atoms with Gasteiger partial charge in [-0.25, -0.2) is 8.78 Å². The Morgan fingerprint density at radius 2 is 2.12 bits per heavy atom. The van der Waals surface area contributed by atoms with Gasteiger partial charge in [0.25, 0.3) is 0 Å². The lowest BCUT2D eigenvalue weighted by atomic mass is 9.90. The first-order chi connectivity index (χ1) is 11.7. The molecule has 0 aliphatic carbocycles. The van der Waals surface area contributed by atoms with Gasteiger partial charge in [0.05, 0.1) is 11.4 Å². The number of amides is 1. The summed E-state index contributed by atoms with van der Waals surface area (Å²) in [4.78, 5) is 18.0. The van der Waals surface area contributed by atoms with Crippen molar-refractivity contribution >= 4 is 23.2 Å². The molecule has 1 amide bonds. The SMILES string of the molecule is CC1(C)CN(C(=O)CCl)c2cc(C(O)c3cc(F)ccc3F)cnc21. The van der Waals surface area contributed by atoms with Crippen LogP contribution in [0.3, 0.4) is 0 Å². The van der Waals surface area contributed by atoms with Crippen LogP contribution >= 0.6 is 11.6 Å². The van der Waals surface area contributed by atoms with Gasteiger partial charge in [-0.15, -0.1) is 11.6 Å². The second-order valence-corrected chi connectivity index (χ2v) is 6.97. The van der Waals surface area contributed by atoms with Crippen molar-refractivity contribution in [3.63, 3.8) is 0 Å². The van der Waals surface area contributed by atoms with Crippen molar-refractivity contribution in [1.29, 1.82) is 0 Å². The number of benzene rings is 1. The molecule has 1 aliphatic heterocycles. The largest absolute Gasteiger partial charge is 0.383 e. The lowest BCUT2D eigenvalue weighted by Crippen LogP contribution is -2.34. The Kier molecular flexibility index (Phi) is 4.51. The van der Waals surface area contributed by atoms with Gasteiger partial charge < -0.3 is 10.0 Å². The van der Waals surface area contributed by atoms with E-state index in [1.54, 1.807) is 6.07 Å². The fraction of sp³-hybridized carbons (Fsp3) is 0.333. The van der Waals surface area contributed by atoms with Crippen LogP contribution in [0.1, 0.15) is 36.8 Å².